The average Bonchev–Trinajstić information content (AvgIpc) is 3.66. The van der Waals surface area contributed by atoms with Crippen LogP contribution in [0.3, 0.4) is 0 Å². The molecule has 0 radical (unpaired) electrons. The third-order valence-electron chi connectivity index (χ3n) is 7.11. The smallest absolute Gasteiger partial charge is 0.269 e. The lowest BCUT2D eigenvalue weighted by Gasteiger charge is -2.12. The molecule has 0 aliphatic carbocycles. The summed E-state index contributed by atoms with van der Waals surface area (Å²) in [6.45, 7) is 2.35. The molecule has 0 atom stereocenters. The van der Waals surface area contributed by atoms with Crippen LogP contribution in [0.25, 0.3) is 44.7 Å². The largest absolute Gasteiger partial charge is 0.339 e. The highest BCUT2D eigenvalue weighted by atomic mass is 32.2. The number of carbonyl (C=O) groups excluding carboxylic acids is 1. The predicted octanol–water partition coefficient (Wildman–Crippen LogP) is 6.47. The minimum absolute atomic E-state index is 0.0689. The van der Waals surface area contributed by atoms with E-state index >= 15 is 0 Å². The van der Waals surface area contributed by atoms with Crippen molar-refractivity contribution in [2.75, 3.05) is 0 Å². The molecule has 0 aliphatic heterocycles. The summed E-state index contributed by atoms with van der Waals surface area (Å²) in [7, 11) is -4.10. The van der Waals surface area contributed by atoms with Crippen molar-refractivity contribution < 1.29 is 22.5 Å². The fourth-order valence-electron chi connectivity index (χ4n) is 4.93. The minimum Gasteiger partial charge on any atom is -0.339 e. The van der Waals surface area contributed by atoms with Gasteiger partial charge in [-0.15, -0.1) is 0 Å². The molecule has 3 aromatic carbocycles. The predicted molar refractivity (Wildman–Crippen MR) is 158 cm³/mol. The number of hydrogen-bond donors (Lipinski definition) is 1. The molecular weight excluding hydrogens is 573 g/mol. The van der Waals surface area contributed by atoms with Crippen LogP contribution in [-0.4, -0.2) is 39.4 Å². The number of nitro benzene ring substituents is 1. The first-order valence-electron chi connectivity index (χ1n) is 13.1. The number of nitrogens with zero attached hydrogens (tertiary/aromatic N) is 4. The minimum atomic E-state index is -4.10. The lowest BCUT2D eigenvalue weighted by Crippen LogP contribution is -2.05. The van der Waals surface area contributed by atoms with Gasteiger partial charge in [0.15, 0.2) is 6.29 Å². The zero-order chi connectivity index (χ0) is 30.3. The van der Waals surface area contributed by atoms with Crippen molar-refractivity contribution in [3.05, 3.63) is 113 Å². The van der Waals surface area contributed by atoms with Gasteiger partial charge in [0, 0.05) is 64.4 Å². The molecule has 3 heterocycles. The maximum atomic E-state index is 14.5. The third kappa shape index (κ3) is 4.87. The van der Waals surface area contributed by atoms with Gasteiger partial charge in [-0.25, -0.2) is 17.8 Å². The van der Waals surface area contributed by atoms with E-state index in [0.717, 1.165) is 0 Å². The normalized spacial score (nSPS) is 11.6. The second kappa shape index (κ2) is 10.7. The summed E-state index contributed by atoms with van der Waals surface area (Å²) in [4.78, 5) is 29.5. The van der Waals surface area contributed by atoms with E-state index in [1.807, 2.05) is 6.92 Å². The van der Waals surface area contributed by atoms with Crippen molar-refractivity contribution in [2.45, 2.75) is 23.3 Å². The Morgan fingerprint density at radius 1 is 1.02 bits per heavy atom. The first-order chi connectivity index (χ1) is 20.7. The summed E-state index contributed by atoms with van der Waals surface area (Å²) in [5.74, 6) is -0.698. The Morgan fingerprint density at radius 2 is 1.74 bits per heavy atom. The number of aldehydes is 1. The molecule has 12 heteroatoms. The van der Waals surface area contributed by atoms with Crippen LogP contribution in [0, 0.1) is 15.9 Å². The van der Waals surface area contributed by atoms with Gasteiger partial charge >= 0.3 is 0 Å². The van der Waals surface area contributed by atoms with Gasteiger partial charge in [-0.2, -0.15) is 5.10 Å². The highest BCUT2D eigenvalue weighted by Crippen LogP contribution is 2.42. The monoisotopic (exact) mass is 595 g/mol. The molecule has 0 saturated heterocycles. The number of sulfone groups is 1. The van der Waals surface area contributed by atoms with Crippen LogP contribution < -0.4 is 0 Å². The van der Waals surface area contributed by atoms with Crippen molar-refractivity contribution in [1.29, 1.82) is 0 Å². The number of aryl methyl sites for hydroxylation is 1. The highest BCUT2D eigenvalue weighted by molar-refractivity contribution is 7.91. The van der Waals surface area contributed by atoms with E-state index < -0.39 is 20.6 Å². The Balaban J connectivity index is 1.65. The molecule has 10 nitrogen and oxygen atoms in total. The van der Waals surface area contributed by atoms with Gasteiger partial charge < -0.3 is 4.98 Å². The number of carbonyl (C=O) groups is 1. The lowest BCUT2D eigenvalue weighted by atomic mass is 9.99. The van der Waals surface area contributed by atoms with Gasteiger partial charge in [0.2, 0.25) is 9.84 Å². The SMILES string of the molecule is CCn1cc(-c2c(S(=O)(=O)c3ccccc3)cnc3[nH]c(-c4ccc(C=O)c(F)c4)cc23)c(-c2ccc([N+](=O)[O-])cc2)n1. The number of pyridine rings is 1. The molecule has 0 bridgehead atoms. The molecular formula is C31H22FN5O5S. The van der Waals surface area contributed by atoms with Crippen molar-refractivity contribution in [3.63, 3.8) is 0 Å². The molecule has 214 valence electrons. The average molecular weight is 596 g/mol. The van der Waals surface area contributed by atoms with Gasteiger partial charge in [0.25, 0.3) is 5.69 Å². The number of nitrogens with one attached hydrogen (secondary N) is 1. The number of halogens is 1. The van der Waals surface area contributed by atoms with E-state index in [0.29, 0.717) is 57.5 Å². The molecule has 0 spiro atoms. The lowest BCUT2D eigenvalue weighted by molar-refractivity contribution is -0.384. The van der Waals surface area contributed by atoms with Crippen LogP contribution in [0.5, 0.6) is 0 Å². The number of H-pyrrole nitrogens is 1. The second-order valence-corrected chi connectivity index (χ2v) is 11.6. The fourth-order valence-corrected chi connectivity index (χ4v) is 6.38. The van der Waals surface area contributed by atoms with Crippen LogP contribution in [0.1, 0.15) is 17.3 Å². The van der Waals surface area contributed by atoms with Crippen molar-refractivity contribution in [1.82, 2.24) is 19.7 Å². The molecule has 6 aromatic rings. The number of fused-ring (bicyclic) bond motifs is 1. The third-order valence-corrected chi connectivity index (χ3v) is 8.89. The number of hydrogen-bond acceptors (Lipinski definition) is 7. The zero-order valence-electron chi connectivity index (χ0n) is 22.6. The number of non-ortho nitro benzene ring substituents is 1. The summed E-state index contributed by atoms with van der Waals surface area (Å²) < 4.78 is 44.3. The highest BCUT2D eigenvalue weighted by Gasteiger charge is 2.28. The Hall–Kier alpha value is -5.49. The van der Waals surface area contributed by atoms with Gasteiger partial charge in [0.05, 0.1) is 20.3 Å². The van der Waals surface area contributed by atoms with E-state index in [2.05, 4.69) is 15.1 Å². The Labute approximate surface area is 244 Å². The van der Waals surface area contributed by atoms with Crippen LogP contribution in [0.2, 0.25) is 0 Å². The molecule has 1 N–H and O–H groups in total. The van der Waals surface area contributed by atoms with Crippen LogP contribution in [0.15, 0.2) is 101 Å². The molecule has 0 unspecified atom stereocenters. The van der Waals surface area contributed by atoms with E-state index in [1.54, 1.807) is 53.3 Å². The van der Waals surface area contributed by atoms with Gasteiger partial charge in [0.1, 0.15) is 17.2 Å². The fraction of sp³-hybridized carbons (Fsp3) is 0.0645. The van der Waals surface area contributed by atoms with Crippen LogP contribution >= 0.6 is 0 Å². The summed E-state index contributed by atoms with van der Waals surface area (Å²) in [6.07, 6.45) is 3.43. The number of aromatic nitrogens is 4. The first kappa shape index (κ1) is 27.7. The van der Waals surface area contributed by atoms with Gasteiger partial charge in [-0.1, -0.05) is 24.3 Å². The summed E-state index contributed by atoms with van der Waals surface area (Å²) in [5.41, 5.74) is 2.78. The van der Waals surface area contributed by atoms with E-state index in [-0.39, 0.29) is 21.0 Å². The number of nitro groups is 1. The molecule has 0 aliphatic rings. The summed E-state index contributed by atoms with van der Waals surface area (Å²) in [5, 5.41) is 16.4. The van der Waals surface area contributed by atoms with Crippen LogP contribution in [-0.2, 0) is 16.4 Å². The first-order valence-corrected chi connectivity index (χ1v) is 14.6. The Bertz CT molecular complexity index is 2140. The molecule has 0 fully saturated rings. The topological polar surface area (TPSA) is 141 Å². The second-order valence-electron chi connectivity index (χ2n) is 9.66. The maximum Gasteiger partial charge on any atom is 0.269 e. The number of aromatic amines is 1. The van der Waals surface area contributed by atoms with Crippen LogP contribution in [0.4, 0.5) is 10.1 Å². The quantitative estimate of drug-likeness (QED) is 0.121. The Morgan fingerprint density at radius 3 is 2.40 bits per heavy atom. The molecule has 0 amide bonds. The summed E-state index contributed by atoms with van der Waals surface area (Å²) >= 11 is 0. The Kier molecular flexibility index (Phi) is 6.90. The molecule has 43 heavy (non-hydrogen) atoms. The van der Waals surface area contributed by atoms with Crippen molar-refractivity contribution >= 4 is 32.8 Å². The van der Waals surface area contributed by atoms with E-state index in [1.165, 1.54) is 42.6 Å². The number of rotatable bonds is 8. The molecule has 6 rings (SSSR count). The van der Waals surface area contributed by atoms with Gasteiger partial charge in [-0.05, 0) is 49.4 Å². The van der Waals surface area contributed by atoms with E-state index in [9.17, 15) is 27.7 Å². The molecule has 3 aromatic heterocycles. The zero-order valence-corrected chi connectivity index (χ0v) is 23.4. The maximum absolute atomic E-state index is 14.5. The standard InChI is InChI=1S/C31H22FN5O5S/c1-2-36-17-25(30(35-36)19-10-12-22(13-11-19)37(39)40)29-24-15-27(20-8-9-21(18-38)26(32)14-20)34-31(24)33-16-28(29)43(41,42)23-6-4-3-5-7-23/h3-18H,2H2,1H3,(H,33,34). The molecule has 0 saturated carbocycles. The van der Waals surface area contributed by atoms with Crippen molar-refractivity contribution in [3.8, 4) is 33.6 Å². The number of benzene rings is 3. The van der Waals surface area contributed by atoms with Crippen molar-refractivity contribution in [2.24, 2.45) is 0 Å². The van der Waals surface area contributed by atoms with E-state index in [4.69, 9.17) is 0 Å². The summed E-state index contributed by atoms with van der Waals surface area (Å²) in [6, 6.07) is 19.6. The van der Waals surface area contributed by atoms with Gasteiger partial charge in [-0.3, -0.25) is 19.6 Å².